The van der Waals surface area contributed by atoms with E-state index < -0.39 is 11.6 Å². The molecule has 3 aromatic rings. The van der Waals surface area contributed by atoms with Crippen LogP contribution in [-0.2, 0) is 22.7 Å². The van der Waals surface area contributed by atoms with Crippen LogP contribution in [0.1, 0.15) is 16.8 Å². The molecule has 124 valence electrons. The van der Waals surface area contributed by atoms with Crippen LogP contribution in [0.3, 0.4) is 0 Å². The Hall–Kier alpha value is -2.67. The number of aromatic nitrogens is 1. The number of thiazole rings is 1. The highest BCUT2D eigenvalue weighted by atomic mass is 32.1. The van der Waals surface area contributed by atoms with Gasteiger partial charge in [-0.1, -0.05) is 23.5 Å². The van der Waals surface area contributed by atoms with E-state index in [-0.39, 0.29) is 18.0 Å². The predicted octanol–water partition coefficient (Wildman–Crippen LogP) is 2.38. The van der Waals surface area contributed by atoms with Gasteiger partial charge in [0, 0.05) is 28.1 Å². The molecule has 2 heterocycles. The zero-order chi connectivity index (χ0) is 17.3. The zero-order valence-corrected chi connectivity index (χ0v) is 14.0. The molecular formula is C17H15NO5S. The van der Waals surface area contributed by atoms with Gasteiger partial charge in [-0.15, -0.1) is 0 Å². The van der Waals surface area contributed by atoms with Crippen molar-refractivity contribution < 1.29 is 13.9 Å². The van der Waals surface area contributed by atoms with Gasteiger partial charge >= 0.3 is 16.5 Å². The molecule has 6 nitrogen and oxygen atoms in total. The molecule has 0 saturated heterocycles. The number of carbonyl (C=O) groups excluding carboxylic acids is 1. The van der Waals surface area contributed by atoms with Crippen LogP contribution < -0.4 is 10.5 Å². The van der Waals surface area contributed by atoms with Crippen LogP contribution in [0.5, 0.6) is 0 Å². The molecule has 1 aromatic carbocycles. The van der Waals surface area contributed by atoms with E-state index in [9.17, 15) is 14.4 Å². The van der Waals surface area contributed by atoms with Crippen molar-refractivity contribution in [3.8, 4) is 0 Å². The number of carbonyl (C=O) groups is 1. The molecule has 0 bridgehead atoms. The summed E-state index contributed by atoms with van der Waals surface area (Å²) >= 11 is 1.04. The van der Waals surface area contributed by atoms with Crippen molar-refractivity contribution in [1.29, 1.82) is 0 Å². The van der Waals surface area contributed by atoms with E-state index in [4.69, 9.17) is 9.15 Å². The highest BCUT2D eigenvalue weighted by molar-refractivity contribution is 7.07. The van der Waals surface area contributed by atoms with Crippen molar-refractivity contribution in [1.82, 2.24) is 4.57 Å². The Morgan fingerprint density at radius 2 is 2.04 bits per heavy atom. The van der Waals surface area contributed by atoms with Gasteiger partial charge in [0.2, 0.25) is 0 Å². The fourth-order valence-electron chi connectivity index (χ4n) is 2.39. The standard InChI is InChI=1S/C17H15NO5S/c1-10-3-4-13-12(6-15(19)23-14(13)5-10)8-22-16(20)7-18-11(2)9-24-17(18)21/h3-6,9H,7-8H2,1-2H3. The minimum atomic E-state index is -0.535. The minimum absolute atomic E-state index is 0.0536. The zero-order valence-electron chi connectivity index (χ0n) is 13.2. The molecular weight excluding hydrogens is 330 g/mol. The SMILES string of the molecule is Cc1ccc2c(COC(=O)Cn3c(C)csc3=O)cc(=O)oc2c1. The third kappa shape index (κ3) is 3.30. The predicted molar refractivity (Wildman–Crippen MR) is 90.3 cm³/mol. The molecule has 0 radical (unpaired) electrons. The summed E-state index contributed by atoms with van der Waals surface area (Å²) in [4.78, 5) is 35.1. The molecule has 0 aliphatic rings. The van der Waals surface area contributed by atoms with Gasteiger partial charge in [0.1, 0.15) is 18.7 Å². The van der Waals surface area contributed by atoms with Crippen LogP contribution in [0.25, 0.3) is 11.0 Å². The van der Waals surface area contributed by atoms with Gasteiger partial charge in [-0.3, -0.25) is 14.2 Å². The van der Waals surface area contributed by atoms with Crippen LogP contribution in [-0.4, -0.2) is 10.5 Å². The van der Waals surface area contributed by atoms with Crippen LogP contribution in [0, 0.1) is 13.8 Å². The maximum Gasteiger partial charge on any atom is 0.336 e. The van der Waals surface area contributed by atoms with Gasteiger partial charge in [0.25, 0.3) is 0 Å². The van der Waals surface area contributed by atoms with Crippen molar-refractivity contribution in [3.05, 3.63) is 66.6 Å². The Morgan fingerprint density at radius 3 is 2.75 bits per heavy atom. The Balaban J connectivity index is 1.79. The molecule has 0 saturated carbocycles. The number of ether oxygens (including phenoxy) is 1. The summed E-state index contributed by atoms with van der Waals surface area (Å²) in [7, 11) is 0. The lowest BCUT2D eigenvalue weighted by molar-refractivity contribution is -0.145. The summed E-state index contributed by atoms with van der Waals surface area (Å²) in [6, 6.07) is 6.79. The lowest BCUT2D eigenvalue weighted by Crippen LogP contribution is -2.22. The maximum atomic E-state index is 12.0. The third-order valence-electron chi connectivity index (χ3n) is 3.64. The first kappa shape index (κ1) is 16.2. The Morgan fingerprint density at radius 1 is 1.25 bits per heavy atom. The van der Waals surface area contributed by atoms with E-state index in [2.05, 4.69) is 0 Å². The summed E-state index contributed by atoms with van der Waals surface area (Å²) < 4.78 is 11.8. The largest absolute Gasteiger partial charge is 0.459 e. The molecule has 24 heavy (non-hydrogen) atoms. The first-order valence-corrected chi connectivity index (χ1v) is 8.16. The van der Waals surface area contributed by atoms with Crippen LogP contribution >= 0.6 is 11.3 Å². The van der Waals surface area contributed by atoms with E-state index in [1.807, 2.05) is 19.1 Å². The molecule has 0 spiro atoms. The molecule has 0 atom stereocenters. The van der Waals surface area contributed by atoms with Crippen molar-refractivity contribution in [2.24, 2.45) is 0 Å². The number of esters is 1. The lowest BCUT2D eigenvalue weighted by Gasteiger charge is -2.08. The minimum Gasteiger partial charge on any atom is -0.459 e. The van der Waals surface area contributed by atoms with Gasteiger partial charge in [-0.2, -0.15) is 0 Å². The number of fused-ring (bicyclic) bond motifs is 1. The summed E-state index contributed by atoms with van der Waals surface area (Å²) in [6.07, 6.45) is 0. The molecule has 0 aliphatic heterocycles. The van der Waals surface area contributed by atoms with Gasteiger partial charge in [0.15, 0.2) is 0 Å². The first-order chi connectivity index (χ1) is 11.4. The molecule has 2 aromatic heterocycles. The van der Waals surface area contributed by atoms with E-state index in [1.54, 1.807) is 18.4 Å². The Bertz CT molecular complexity index is 1030. The number of benzene rings is 1. The van der Waals surface area contributed by atoms with E-state index in [0.717, 1.165) is 22.3 Å². The molecule has 0 N–H and O–H groups in total. The monoisotopic (exact) mass is 345 g/mol. The average Bonchev–Trinajstić information content (AvgIpc) is 2.84. The number of rotatable bonds is 4. The number of hydrogen-bond acceptors (Lipinski definition) is 6. The fraction of sp³-hybridized carbons (Fsp3) is 0.235. The van der Waals surface area contributed by atoms with Crippen LogP contribution in [0.2, 0.25) is 0 Å². The number of aryl methyl sites for hydroxylation is 2. The maximum absolute atomic E-state index is 12.0. The van der Waals surface area contributed by atoms with Crippen LogP contribution in [0.15, 0.2) is 43.7 Å². The second-order valence-electron chi connectivity index (χ2n) is 5.48. The number of nitrogens with zero attached hydrogens (tertiary/aromatic N) is 1. The highest BCUT2D eigenvalue weighted by Gasteiger charge is 2.12. The van der Waals surface area contributed by atoms with Crippen molar-refractivity contribution in [2.45, 2.75) is 27.0 Å². The van der Waals surface area contributed by atoms with E-state index >= 15 is 0 Å². The molecule has 0 amide bonds. The second-order valence-corrected chi connectivity index (χ2v) is 6.30. The molecule has 0 unspecified atom stereocenters. The smallest absolute Gasteiger partial charge is 0.336 e. The number of hydrogen-bond donors (Lipinski definition) is 0. The van der Waals surface area contributed by atoms with E-state index in [0.29, 0.717) is 16.8 Å². The first-order valence-electron chi connectivity index (χ1n) is 7.28. The summed E-state index contributed by atoms with van der Waals surface area (Å²) in [5, 5.41) is 2.41. The normalized spacial score (nSPS) is 10.9. The van der Waals surface area contributed by atoms with Gasteiger partial charge < -0.3 is 9.15 Å². The summed E-state index contributed by atoms with van der Waals surface area (Å²) in [5.74, 6) is -0.535. The van der Waals surface area contributed by atoms with Crippen molar-refractivity contribution >= 4 is 28.3 Å². The Labute approximate surface area is 140 Å². The quantitative estimate of drug-likeness (QED) is 0.536. The molecule has 0 fully saturated rings. The second kappa shape index (κ2) is 6.45. The molecule has 7 heteroatoms. The van der Waals surface area contributed by atoms with Gasteiger partial charge in [-0.05, 0) is 25.5 Å². The summed E-state index contributed by atoms with van der Waals surface area (Å²) in [6.45, 7) is 3.45. The van der Waals surface area contributed by atoms with E-state index in [1.165, 1.54) is 10.6 Å². The lowest BCUT2D eigenvalue weighted by atomic mass is 10.1. The van der Waals surface area contributed by atoms with Crippen molar-refractivity contribution in [3.63, 3.8) is 0 Å². The third-order valence-corrected chi connectivity index (χ3v) is 4.52. The highest BCUT2D eigenvalue weighted by Crippen LogP contribution is 2.19. The fourth-order valence-corrected chi connectivity index (χ4v) is 3.12. The Kier molecular flexibility index (Phi) is 4.35. The van der Waals surface area contributed by atoms with Gasteiger partial charge in [-0.25, -0.2) is 4.79 Å². The average molecular weight is 345 g/mol. The summed E-state index contributed by atoms with van der Waals surface area (Å²) in [5.41, 5.74) is 2.21. The van der Waals surface area contributed by atoms with Gasteiger partial charge in [0.05, 0.1) is 0 Å². The van der Waals surface area contributed by atoms with Crippen molar-refractivity contribution in [2.75, 3.05) is 0 Å². The topological polar surface area (TPSA) is 78.5 Å². The molecule has 0 aliphatic carbocycles. The van der Waals surface area contributed by atoms with Crippen LogP contribution in [0.4, 0.5) is 0 Å². The molecule has 3 rings (SSSR count).